The molecule has 0 radical (unpaired) electrons. The van der Waals surface area contributed by atoms with Crippen molar-refractivity contribution in [2.45, 2.75) is 87.3 Å². The maximum atomic E-state index is 12.1. The molecule has 4 saturated carbocycles. The Morgan fingerprint density at radius 3 is 2.52 bits per heavy atom. The van der Waals surface area contributed by atoms with Crippen LogP contribution >= 0.6 is 0 Å². The van der Waals surface area contributed by atoms with Crippen LogP contribution in [0, 0.1) is 22.7 Å². The van der Waals surface area contributed by atoms with Crippen LogP contribution in [0.4, 0.5) is 0 Å². The summed E-state index contributed by atoms with van der Waals surface area (Å²) < 4.78 is 4.99. The van der Waals surface area contributed by atoms with E-state index in [1.807, 2.05) is 6.92 Å². The molecule has 0 aliphatic heterocycles. The van der Waals surface area contributed by atoms with E-state index in [0.29, 0.717) is 19.3 Å². The Kier molecular flexibility index (Phi) is 4.67. The Hall–Kier alpha value is -1.16. The van der Waals surface area contributed by atoms with Crippen LogP contribution in [0.3, 0.4) is 0 Å². The van der Waals surface area contributed by atoms with Crippen molar-refractivity contribution in [3.05, 3.63) is 17.9 Å². The van der Waals surface area contributed by atoms with Gasteiger partial charge in [0, 0.05) is 24.2 Å². The predicted molar refractivity (Wildman–Crippen MR) is 106 cm³/mol. The summed E-state index contributed by atoms with van der Waals surface area (Å²) >= 11 is 0. The number of rotatable bonds is 2. The molecule has 0 bridgehead atoms. The molecule has 0 amide bonds. The maximum absolute atomic E-state index is 12.1. The molecule has 0 unspecified atom stereocenters. The summed E-state index contributed by atoms with van der Waals surface area (Å²) in [6.45, 7) is 1.40. The van der Waals surface area contributed by atoms with E-state index in [9.17, 15) is 35.7 Å². The first kappa shape index (κ1) is 21.7. The third-order valence-corrected chi connectivity index (χ3v) is 9.92. The van der Waals surface area contributed by atoms with E-state index >= 15 is 0 Å². The normalized spacial score (nSPS) is 54.2. The van der Waals surface area contributed by atoms with Crippen molar-refractivity contribution in [1.82, 2.24) is 0 Å². The number of furan rings is 1. The van der Waals surface area contributed by atoms with Crippen LogP contribution in [-0.2, 0) is 0 Å². The first-order valence-electron chi connectivity index (χ1n) is 11.4. The zero-order chi connectivity index (χ0) is 22.4. The molecule has 5 rings (SSSR count). The molecule has 174 valence electrons. The number of aliphatic hydroxyl groups is 6. The van der Waals surface area contributed by atoms with Crippen molar-refractivity contribution in [2.75, 3.05) is 6.61 Å². The van der Waals surface area contributed by atoms with Gasteiger partial charge in [-0.2, -0.15) is 0 Å². The Balaban J connectivity index is 1.59. The molecule has 4 fully saturated rings. The lowest BCUT2D eigenvalue weighted by Crippen LogP contribution is -2.75. The summed E-state index contributed by atoms with van der Waals surface area (Å²) in [4.78, 5) is 0. The largest absolute Gasteiger partial charge is 0.587 e. The number of hydrogen-bond acceptors (Lipinski definition) is 8. The molecule has 8 nitrogen and oxygen atoms in total. The van der Waals surface area contributed by atoms with Gasteiger partial charge in [0.05, 0.1) is 47.5 Å². The highest BCUT2D eigenvalue weighted by Crippen LogP contribution is 2.71. The molecular weight excluding hydrogens is 404 g/mol. The van der Waals surface area contributed by atoms with Gasteiger partial charge in [0.15, 0.2) is 0 Å². The van der Waals surface area contributed by atoms with E-state index in [4.69, 9.17) is 4.42 Å². The minimum Gasteiger partial charge on any atom is -0.587 e. The second-order valence-electron chi connectivity index (χ2n) is 10.9. The zero-order valence-corrected chi connectivity index (χ0v) is 17.8. The monoisotopic (exact) mass is 437 g/mol. The standard InChI is InChI=1S/C23H34O8/c1-20-9-16(26)19-15(23(20,30)5-3-14(20)12-6-18(28)31-10-12)2-4-21(29)8-13(25)7-17(27)22(19,21)11-24/h6,10,13-17,19,24-30H,2-5,7-9,11H2,1H3/p-1/t13-,14+,15+,16+,17+,19+,20+,21-,22+,23-/m0/s1. The molecule has 10 atom stereocenters. The van der Waals surface area contributed by atoms with Crippen molar-refractivity contribution in [1.29, 1.82) is 0 Å². The topological polar surface area (TPSA) is 158 Å². The fraction of sp³-hybridized carbons (Fsp3) is 0.826. The molecule has 31 heavy (non-hydrogen) atoms. The fourth-order valence-corrected chi connectivity index (χ4v) is 8.55. The Morgan fingerprint density at radius 2 is 1.87 bits per heavy atom. The van der Waals surface area contributed by atoms with Crippen LogP contribution in [0.2, 0.25) is 0 Å². The highest BCUT2D eigenvalue weighted by Gasteiger charge is 2.74. The van der Waals surface area contributed by atoms with Crippen LogP contribution in [0.5, 0.6) is 5.95 Å². The third-order valence-electron chi connectivity index (χ3n) is 9.92. The molecule has 8 heteroatoms. The van der Waals surface area contributed by atoms with Crippen LogP contribution in [0.1, 0.15) is 63.4 Å². The van der Waals surface area contributed by atoms with E-state index in [-0.39, 0.29) is 31.6 Å². The number of fused-ring (bicyclic) bond motifs is 5. The average Bonchev–Trinajstić information content (AvgIpc) is 3.21. The quantitative estimate of drug-likeness (QED) is 0.377. The van der Waals surface area contributed by atoms with Gasteiger partial charge in [-0.25, -0.2) is 0 Å². The Morgan fingerprint density at radius 1 is 1.13 bits per heavy atom. The summed E-state index contributed by atoms with van der Waals surface area (Å²) in [7, 11) is 0. The van der Waals surface area contributed by atoms with Gasteiger partial charge >= 0.3 is 0 Å². The van der Waals surface area contributed by atoms with Crippen LogP contribution in [0.25, 0.3) is 0 Å². The smallest absolute Gasteiger partial charge is 0.0779 e. The number of hydrogen-bond donors (Lipinski definition) is 6. The Labute approximate surface area is 181 Å². The van der Waals surface area contributed by atoms with Crippen LogP contribution in [-0.4, -0.2) is 66.8 Å². The lowest BCUT2D eigenvalue weighted by molar-refractivity contribution is -0.316. The Bertz CT molecular complexity index is 856. The van der Waals surface area contributed by atoms with Gasteiger partial charge in [0.2, 0.25) is 0 Å². The second-order valence-corrected chi connectivity index (χ2v) is 10.9. The molecule has 6 N–H and O–H groups in total. The molecule has 1 aromatic rings. The van der Waals surface area contributed by atoms with Gasteiger partial charge in [-0.15, -0.1) is 0 Å². The van der Waals surface area contributed by atoms with Crippen molar-refractivity contribution in [3.63, 3.8) is 0 Å². The van der Waals surface area contributed by atoms with E-state index in [1.54, 1.807) is 0 Å². The summed E-state index contributed by atoms with van der Waals surface area (Å²) in [5.74, 6) is -1.75. The summed E-state index contributed by atoms with van der Waals surface area (Å²) in [6.07, 6.45) is 0.340. The summed E-state index contributed by atoms with van der Waals surface area (Å²) in [6, 6.07) is 1.45. The molecule has 0 spiro atoms. The van der Waals surface area contributed by atoms with E-state index < -0.39 is 64.7 Å². The third kappa shape index (κ3) is 2.52. The highest BCUT2D eigenvalue weighted by molar-refractivity contribution is 5.31. The lowest BCUT2D eigenvalue weighted by Gasteiger charge is -2.68. The van der Waals surface area contributed by atoms with E-state index in [2.05, 4.69) is 0 Å². The van der Waals surface area contributed by atoms with Gasteiger partial charge in [-0.3, -0.25) is 0 Å². The minimum atomic E-state index is -1.52. The van der Waals surface area contributed by atoms with Gasteiger partial charge < -0.3 is 40.2 Å². The van der Waals surface area contributed by atoms with Gasteiger partial charge in [0.25, 0.3) is 0 Å². The average molecular weight is 438 g/mol. The maximum Gasteiger partial charge on any atom is 0.0779 e. The molecule has 0 saturated heterocycles. The molecule has 4 aliphatic rings. The minimum absolute atomic E-state index is 0.0123. The zero-order valence-electron chi connectivity index (χ0n) is 17.8. The van der Waals surface area contributed by atoms with Gasteiger partial charge in [0.1, 0.15) is 0 Å². The highest BCUT2D eigenvalue weighted by atomic mass is 16.5. The van der Waals surface area contributed by atoms with Crippen molar-refractivity contribution < 1.29 is 40.2 Å². The van der Waals surface area contributed by atoms with E-state index in [1.165, 1.54) is 12.3 Å². The second kappa shape index (κ2) is 6.68. The summed E-state index contributed by atoms with van der Waals surface area (Å²) in [5, 5.41) is 78.5. The van der Waals surface area contributed by atoms with Crippen molar-refractivity contribution in [2.24, 2.45) is 22.7 Å². The molecule has 1 heterocycles. The fourth-order valence-electron chi connectivity index (χ4n) is 8.55. The van der Waals surface area contributed by atoms with Crippen molar-refractivity contribution >= 4 is 0 Å². The summed E-state index contributed by atoms with van der Waals surface area (Å²) in [5.41, 5.74) is -4.14. The van der Waals surface area contributed by atoms with Crippen molar-refractivity contribution in [3.8, 4) is 5.95 Å². The molecular formula is C23H33O8-. The molecule has 0 aromatic carbocycles. The van der Waals surface area contributed by atoms with Gasteiger partial charge in [-0.1, -0.05) is 6.92 Å². The molecule has 4 aliphatic carbocycles. The van der Waals surface area contributed by atoms with Crippen LogP contribution < -0.4 is 5.11 Å². The first-order chi connectivity index (χ1) is 14.5. The van der Waals surface area contributed by atoms with Crippen LogP contribution in [0.15, 0.2) is 16.7 Å². The number of aliphatic hydroxyl groups excluding tert-OH is 4. The van der Waals surface area contributed by atoms with E-state index in [0.717, 1.165) is 5.56 Å². The SMILES string of the molecule is C[C@]12C[C@@H](O)[C@H]3[C@@H](CC[C@]4(O)C[C@@H](O)C[C@@H](O)[C@]34CO)[C@@]1(O)CC[C@@H]2c1coc([O-])c1. The lowest BCUT2D eigenvalue weighted by atomic mass is 9.40. The first-order valence-corrected chi connectivity index (χ1v) is 11.4. The predicted octanol–water partition coefficient (Wildman–Crippen LogP) is -0.0158. The van der Waals surface area contributed by atoms with Gasteiger partial charge in [-0.05, 0) is 61.8 Å². The molecule has 1 aromatic heterocycles.